The fourth-order valence-corrected chi connectivity index (χ4v) is 1.92. The Kier molecular flexibility index (Phi) is 4.67. The van der Waals surface area contributed by atoms with Crippen molar-refractivity contribution < 1.29 is 17.9 Å². The molecule has 0 aliphatic carbocycles. The highest BCUT2D eigenvalue weighted by Gasteiger charge is 2.32. The van der Waals surface area contributed by atoms with E-state index >= 15 is 0 Å². The number of nitrogens with one attached hydrogen (secondary N) is 1. The van der Waals surface area contributed by atoms with Crippen molar-refractivity contribution in [2.24, 2.45) is 0 Å². The van der Waals surface area contributed by atoms with Gasteiger partial charge in [-0.15, -0.1) is 0 Å². The Hall–Kier alpha value is -2.24. The summed E-state index contributed by atoms with van der Waals surface area (Å²) in [5.74, 6) is 0.379. The largest absolute Gasteiger partial charge is 0.476 e. The molecule has 0 fully saturated rings. The van der Waals surface area contributed by atoms with E-state index in [1.54, 1.807) is 24.4 Å². The minimum Gasteiger partial charge on any atom is -0.476 e. The minimum atomic E-state index is -4.37. The number of benzene rings is 1. The van der Waals surface area contributed by atoms with E-state index in [1.165, 1.54) is 12.1 Å². The zero-order valence-electron chi connectivity index (χ0n) is 11.4. The number of anilines is 1. The van der Waals surface area contributed by atoms with E-state index < -0.39 is 11.7 Å². The molecule has 2 rings (SSSR count). The molecule has 0 aliphatic heterocycles. The van der Waals surface area contributed by atoms with Crippen LogP contribution in [-0.4, -0.2) is 11.6 Å². The molecule has 0 saturated heterocycles. The average Bonchev–Trinajstić information content (AvgIpc) is 2.46. The van der Waals surface area contributed by atoms with E-state index in [2.05, 4.69) is 10.3 Å². The van der Waals surface area contributed by atoms with Crippen LogP contribution in [0.15, 0.2) is 42.6 Å². The van der Waals surface area contributed by atoms with E-state index in [-0.39, 0.29) is 12.1 Å². The third kappa shape index (κ3) is 3.87. The van der Waals surface area contributed by atoms with E-state index in [4.69, 9.17) is 4.74 Å². The number of hydrogen-bond acceptors (Lipinski definition) is 3. The van der Waals surface area contributed by atoms with Gasteiger partial charge >= 0.3 is 6.18 Å². The van der Waals surface area contributed by atoms with Crippen LogP contribution in [0, 0.1) is 0 Å². The lowest BCUT2D eigenvalue weighted by atomic mass is 10.1. The van der Waals surface area contributed by atoms with Gasteiger partial charge in [0.25, 0.3) is 0 Å². The van der Waals surface area contributed by atoms with Gasteiger partial charge in [0.2, 0.25) is 5.88 Å². The number of nitrogens with zero attached hydrogens (tertiary/aromatic N) is 1. The van der Waals surface area contributed by atoms with Crippen LogP contribution >= 0.6 is 0 Å². The van der Waals surface area contributed by atoms with Crippen LogP contribution in [-0.2, 0) is 12.7 Å². The number of rotatable bonds is 5. The molecule has 0 saturated carbocycles. The highest BCUT2D eigenvalue weighted by Crippen LogP contribution is 2.32. The molecule has 0 spiro atoms. The van der Waals surface area contributed by atoms with Gasteiger partial charge in [-0.1, -0.05) is 18.2 Å². The summed E-state index contributed by atoms with van der Waals surface area (Å²) in [4.78, 5) is 4.04. The molecule has 112 valence electrons. The molecule has 0 aliphatic rings. The number of ether oxygens (including phenoxy) is 1. The number of alkyl halides is 3. The summed E-state index contributed by atoms with van der Waals surface area (Å²) in [7, 11) is 0. The Morgan fingerprint density at radius 2 is 1.90 bits per heavy atom. The lowest BCUT2D eigenvalue weighted by Gasteiger charge is -2.15. The standard InChI is InChI=1S/C15H15F3N2O/c1-2-21-14-13(8-5-9-19-14)20-10-11-6-3-4-7-12(11)15(16,17)18/h3-9,20H,2,10H2,1H3. The topological polar surface area (TPSA) is 34.1 Å². The maximum absolute atomic E-state index is 12.9. The van der Waals surface area contributed by atoms with E-state index in [0.717, 1.165) is 6.07 Å². The summed E-state index contributed by atoms with van der Waals surface area (Å²) in [6.45, 7) is 2.30. The number of hydrogen-bond donors (Lipinski definition) is 1. The van der Waals surface area contributed by atoms with Crippen molar-refractivity contribution in [3.8, 4) is 5.88 Å². The fourth-order valence-electron chi connectivity index (χ4n) is 1.92. The second kappa shape index (κ2) is 6.47. The first kappa shape index (κ1) is 15.2. The van der Waals surface area contributed by atoms with Crippen LogP contribution in [0.25, 0.3) is 0 Å². The fraction of sp³-hybridized carbons (Fsp3) is 0.267. The maximum Gasteiger partial charge on any atom is 0.416 e. The molecule has 0 bridgehead atoms. The Balaban J connectivity index is 2.18. The Morgan fingerprint density at radius 3 is 2.62 bits per heavy atom. The van der Waals surface area contributed by atoms with Crippen molar-refractivity contribution in [2.45, 2.75) is 19.6 Å². The van der Waals surface area contributed by atoms with Gasteiger partial charge in [0.15, 0.2) is 0 Å². The van der Waals surface area contributed by atoms with Gasteiger partial charge in [0.05, 0.1) is 17.9 Å². The molecule has 1 heterocycles. The lowest BCUT2D eigenvalue weighted by Crippen LogP contribution is -2.12. The van der Waals surface area contributed by atoms with E-state index in [9.17, 15) is 13.2 Å². The molecule has 21 heavy (non-hydrogen) atoms. The highest BCUT2D eigenvalue weighted by molar-refractivity contribution is 5.52. The van der Waals surface area contributed by atoms with E-state index in [0.29, 0.717) is 18.2 Å². The molecule has 0 atom stereocenters. The molecule has 0 radical (unpaired) electrons. The van der Waals surface area contributed by atoms with Gasteiger partial charge in [-0.05, 0) is 30.7 Å². The molecule has 3 nitrogen and oxygen atoms in total. The maximum atomic E-state index is 12.9. The summed E-state index contributed by atoms with van der Waals surface area (Å²) in [6, 6.07) is 8.89. The van der Waals surface area contributed by atoms with Gasteiger partial charge in [-0.3, -0.25) is 0 Å². The lowest BCUT2D eigenvalue weighted by molar-refractivity contribution is -0.138. The minimum absolute atomic E-state index is 0.0431. The summed E-state index contributed by atoms with van der Waals surface area (Å²) in [5.41, 5.74) is 0.104. The smallest absolute Gasteiger partial charge is 0.416 e. The first-order valence-electron chi connectivity index (χ1n) is 6.49. The first-order valence-corrected chi connectivity index (χ1v) is 6.49. The van der Waals surface area contributed by atoms with Crippen molar-refractivity contribution in [2.75, 3.05) is 11.9 Å². The molecule has 6 heteroatoms. The van der Waals surface area contributed by atoms with Crippen molar-refractivity contribution in [1.82, 2.24) is 4.98 Å². The Bertz CT molecular complexity index is 599. The molecule has 1 N–H and O–H groups in total. The van der Waals surface area contributed by atoms with Gasteiger partial charge in [-0.25, -0.2) is 4.98 Å². The zero-order valence-corrected chi connectivity index (χ0v) is 11.4. The highest BCUT2D eigenvalue weighted by atomic mass is 19.4. The normalized spacial score (nSPS) is 11.2. The predicted octanol–water partition coefficient (Wildman–Crippen LogP) is 4.11. The molecule has 1 aromatic heterocycles. The summed E-state index contributed by atoms with van der Waals surface area (Å²) >= 11 is 0. The van der Waals surface area contributed by atoms with Gasteiger partial charge in [-0.2, -0.15) is 13.2 Å². The van der Waals surface area contributed by atoms with Crippen LogP contribution in [0.4, 0.5) is 18.9 Å². The van der Waals surface area contributed by atoms with Crippen LogP contribution in [0.2, 0.25) is 0 Å². The molecular formula is C15H15F3N2O. The second-order valence-corrected chi connectivity index (χ2v) is 4.30. The summed E-state index contributed by atoms with van der Waals surface area (Å²) in [6.07, 6.45) is -2.80. The Labute approximate surface area is 120 Å². The van der Waals surface area contributed by atoms with E-state index in [1.807, 2.05) is 6.92 Å². The molecule has 1 aromatic carbocycles. The Morgan fingerprint density at radius 1 is 1.14 bits per heavy atom. The van der Waals surface area contributed by atoms with Gasteiger partial charge in [0.1, 0.15) is 0 Å². The predicted molar refractivity (Wildman–Crippen MR) is 74.2 cm³/mol. The number of aromatic nitrogens is 1. The van der Waals surface area contributed by atoms with Gasteiger partial charge in [0, 0.05) is 12.7 Å². The average molecular weight is 296 g/mol. The summed E-state index contributed by atoms with van der Waals surface area (Å²) in [5, 5.41) is 2.94. The van der Waals surface area contributed by atoms with Crippen LogP contribution in [0.3, 0.4) is 0 Å². The van der Waals surface area contributed by atoms with Crippen molar-refractivity contribution >= 4 is 5.69 Å². The zero-order chi connectivity index (χ0) is 15.3. The monoisotopic (exact) mass is 296 g/mol. The number of halogens is 3. The number of pyridine rings is 1. The van der Waals surface area contributed by atoms with Crippen molar-refractivity contribution in [1.29, 1.82) is 0 Å². The summed E-state index contributed by atoms with van der Waals surface area (Å²) < 4.78 is 44.1. The molecular weight excluding hydrogens is 281 g/mol. The molecule has 2 aromatic rings. The molecule has 0 unspecified atom stereocenters. The SMILES string of the molecule is CCOc1ncccc1NCc1ccccc1C(F)(F)F. The van der Waals surface area contributed by atoms with Crippen molar-refractivity contribution in [3.63, 3.8) is 0 Å². The quantitative estimate of drug-likeness (QED) is 0.901. The van der Waals surface area contributed by atoms with Crippen LogP contribution in [0.5, 0.6) is 5.88 Å². The van der Waals surface area contributed by atoms with Gasteiger partial charge < -0.3 is 10.1 Å². The molecule has 0 amide bonds. The third-order valence-electron chi connectivity index (χ3n) is 2.84. The van der Waals surface area contributed by atoms with Crippen LogP contribution < -0.4 is 10.1 Å². The van der Waals surface area contributed by atoms with Crippen LogP contribution in [0.1, 0.15) is 18.1 Å². The third-order valence-corrected chi connectivity index (χ3v) is 2.84. The first-order chi connectivity index (χ1) is 10.0. The van der Waals surface area contributed by atoms with Crippen molar-refractivity contribution in [3.05, 3.63) is 53.7 Å². The second-order valence-electron chi connectivity index (χ2n) is 4.30.